The van der Waals surface area contributed by atoms with Gasteiger partial charge < -0.3 is 4.90 Å². The summed E-state index contributed by atoms with van der Waals surface area (Å²) in [5, 5.41) is 0. The highest BCUT2D eigenvalue weighted by molar-refractivity contribution is 4.91. The molecule has 2 bridgehead atoms. The quantitative estimate of drug-likeness (QED) is 0.604. The molecule has 1 nitrogen and oxygen atoms in total. The van der Waals surface area contributed by atoms with Gasteiger partial charge in [0.1, 0.15) is 0 Å². The lowest BCUT2D eigenvalue weighted by Gasteiger charge is -2.25. The molecule has 2 aliphatic rings. The van der Waals surface area contributed by atoms with Gasteiger partial charge in [0.15, 0.2) is 0 Å². The highest BCUT2D eigenvalue weighted by Gasteiger charge is 2.36. The van der Waals surface area contributed by atoms with Gasteiger partial charge in [0.25, 0.3) is 0 Å². The molecule has 2 fully saturated rings. The number of alkyl halides is 1. The molecular formula is C9H16FN. The van der Waals surface area contributed by atoms with Crippen molar-refractivity contribution in [2.75, 3.05) is 19.8 Å². The highest BCUT2D eigenvalue weighted by Crippen LogP contribution is 2.37. The summed E-state index contributed by atoms with van der Waals surface area (Å²) in [6, 6.07) is 0.826. The number of piperidine rings is 1. The van der Waals surface area contributed by atoms with Gasteiger partial charge in [0.05, 0.1) is 6.67 Å². The van der Waals surface area contributed by atoms with Crippen molar-refractivity contribution in [1.29, 1.82) is 0 Å². The summed E-state index contributed by atoms with van der Waals surface area (Å²) in [7, 11) is 0. The van der Waals surface area contributed by atoms with Crippen molar-refractivity contribution in [3.63, 3.8) is 0 Å². The molecule has 0 aromatic carbocycles. The average Bonchev–Trinajstić information content (AvgIpc) is 2.60. The van der Waals surface area contributed by atoms with E-state index >= 15 is 0 Å². The van der Waals surface area contributed by atoms with E-state index in [0.717, 1.165) is 24.9 Å². The van der Waals surface area contributed by atoms with E-state index < -0.39 is 0 Å². The van der Waals surface area contributed by atoms with E-state index in [9.17, 15) is 4.39 Å². The van der Waals surface area contributed by atoms with Crippen LogP contribution in [0.5, 0.6) is 0 Å². The molecule has 0 N–H and O–H groups in total. The van der Waals surface area contributed by atoms with Crippen molar-refractivity contribution in [3.05, 3.63) is 0 Å². The molecule has 64 valence electrons. The van der Waals surface area contributed by atoms with E-state index in [1.807, 2.05) is 0 Å². The molecule has 1 aliphatic heterocycles. The Morgan fingerprint density at radius 2 is 2.27 bits per heavy atom. The first-order valence-corrected chi connectivity index (χ1v) is 4.70. The number of nitrogens with zero attached hydrogens (tertiary/aromatic N) is 1. The molecule has 0 amide bonds. The smallest absolute Gasteiger partial charge is 0.0906 e. The average molecular weight is 157 g/mol. The summed E-state index contributed by atoms with van der Waals surface area (Å²) in [4.78, 5) is 2.48. The van der Waals surface area contributed by atoms with Crippen LogP contribution in [-0.4, -0.2) is 30.7 Å². The molecule has 2 rings (SSSR count). The zero-order chi connectivity index (χ0) is 7.68. The Kier molecular flexibility index (Phi) is 2.12. The number of hydrogen-bond donors (Lipinski definition) is 0. The Labute approximate surface area is 67.6 Å². The first-order valence-electron chi connectivity index (χ1n) is 4.70. The summed E-state index contributed by atoms with van der Waals surface area (Å²) >= 11 is 0. The van der Waals surface area contributed by atoms with Crippen LogP contribution in [-0.2, 0) is 0 Å². The van der Waals surface area contributed by atoms with Gasteiger partial charge >= 0.3 is 0 Å². The zero-order valence-electron chi connectivity index (χ0n) is 6.93. The topological polar surface area (TPSA) is 3.24 Å². The molecule has 11 heavy (non-hydrogen) atoms. The van der Waals surface area contributed by atoms with Crippen LogP contribution in [0.25, 0.3) is 0 Å². The molecular weight excluding hydrogens is 141 g/mol. The zero-order valence-corrected chi connectivity index (χ0v) is 6.93. The van der Waals surface area contributed by atoms with Crippen molar-refractivity contribution < 1.29 is 4.39 Å². The number of rotatable bonds is 3. The Morgan fingerprint density at radius 1 is 1.36 bits per heavy atom. The first kappa shape index (κ1) is 7.53. The maximum absolute atomic E-state index is 11.9. The molecule has 1 saturated carbocycles. The summed E-state index contributed by atoms with van der Waals surface area (Å²) < 4.78 is 11.9. The molecule has 1 saturated heterocycles. The summed E-state index contributed by atoms with van der Waals surface area (Å²) in [6.45, 7) is 2.11. The van der Waals surface area contributed by atoms with Crippen LogP contribution in [0.3, 0.4) is 0 Å². The largest absolute Gasteiger partial charge is 0.300 e. The molecule has 1 aliphatic carbocycles. The predicted molar refractivity (Wildman–Crippen MR) is 43.3 cm³/mol. The van der Waals surface area contributed by atoms with E-state index in [4.69, 9.17) is 0 Å². The van der Waals surface area contributed by atoms with Gasteiger partial charge in [0, 0.05) is 19.1 Å². The van der Waals surface area contributed by atoms with Crippen molar-refractivity contribution in [2.45, 2.75) is 31.7 Å². The van der Waals surface area contributed by atoms with Crippen LogP contribution in [0, 0.1) is 5.92 Å². The molecule has 2 atom stereocenters. The summed E-state index contributed by atoms with van der Waals surface area (Å²) in [5.74, 6) is 0.958. The Bertz CT molecular complexity index is 138. The molecule has 1 heterocycles. The van der Waals surface area contributed by atoms with Gasteiger partial charge in [0.2, 0.25) is 0 Å². The highest BCUT2D eigenvalue weighted by atomic mass is 19.1. The predicted octanol–water partition coefficient (Wildman–Crippen LogP) is 1.83. The number of fused-ring (bicyclic) bond motifs is 2. The minimum Gasteiger partial charge on any atom is -0.300 e. The second kappa shape index (κ2) is 3.10. The van der Waals surface area contributed by atoms with Gasteiger partial charge in [-0.25, -0.2) is 0 Å². The Morgan fingerprint density at radius 3 is 2.82 bits per heavy atom. The molecule has 0 aromatic heterocycles. The number of halogens is 1. The van der Waals surface area contributed by atoms with Crippen LogP contribution < -0.4 is 0 Å². The summed E-state index contributed by atoms with van der Waals surface area (Å²) in [6.07, 6.45) is 4.93. The van der Waals surface area contributed by atoms with Crippen LogP contribution in [0.2, 0.25) is 0 Å². The van der Waals surface area contributed by atoms with E-state index in [2.05, 4.69) is 4.90 Å². The van der Waals surface area contributed by atoms with E-state index in [1.165, 1.54) is 25.8 Å². The maximum Gasteiger partial charge on any atom is 0.0906 e. The van der Waals surface area contributed by atoms with E-state index in [0.29, 0.717) is 0 Å². The third-order valence-corrected chi connectivity index (χ3v) is 3.10. The second-order valence-electron chi connectivity index (χ2n) is 3.87. The fraction of sp³-hybridized carbons (Fsp3) is 1.00. The molecule has 0 aromatic rings. The maximum atomic E-state index is 11.9. The minimum atomic E-state index is -0.145. The Hall–Kier alpha value is -0.110. The lowest BCUT2D eigenvalue weighted by atomic mass is 10.1. The normalized spacial score (nSPS) is 36.8. The van der Waals surface area contributed by atoms with Crippen LogP contribution >= 0.6 is 0 Å². The van der Waals surface area contributed by atoms with Crippen molar-refractivity contribution in [1.82, 2.24) is 4.90 Å². The van der Waals surface area contributed by atoms with E-state index in [-0.39, 0.29) is 6.67 Å². The van der Waals surface area contributed by atoms with Gasteiger partial charge in [-0.1, -0.05) is 0 Å². The summed E-state index contributed by atoms with van der Waals surface area (Å²) in [5.41, 5.74) is 0. The first-order chi connectivity index (χ1) is 5.40. The van der Waals surface area contributed by atoms with Gasteiger partial charge in [-0.05, 0) is 31.6 Å². The minimum absolute atomic E-state index is 0.145. The van der Waals surface area contributed by atoms with Gasteiger partial charge in [-0.3, -0.25) is 4.39 Å². The fourth-order valence-electron chi connectivity index (χ4n) is 2.56. The number of likely N-dealkylation sites (tertiary alicyclic amines) is 1. The molecule has 2 unspecified atom stereocenters. The number of hydrogen-bond acceptors (Lipinski definition) is 1. The lowest BCUT2D eigenvalue weighted by Crippen LogP contribution is -2.32. The van der Waals surface area contributed by atoms with Crippen molar-refractivity contribution >= 4 is 0 Å². The Balaban J connectivity index is 1.78. The fourth-order valence-corrected chi connectivity index (χ4v) is 2.56. The van der Waals surface area contributed by atoms with Crippen molar-refractivity contribution in [2.24, 2.45) is 5.92 Å². The SMILES string of the molecule is FCCCN1CC2CCC1C2. The molecule has 0 radical (unpaired) electrons. The van der Waals surface area contributed by atoms with Gasteiger partial charge in [-0.15, -0.1) is 0 Å². The van der Waals surface area contributed by atoms with Crippen molar-refractivity contribution in [3.8, 4) is 0 Å². The van der Waals surface area contributed by atoms with Crippen LogP contribution in [0.15, 0.2) is 0 Å². The van der Waals surface area contributed by atoms with E-state index in [1.54, 1.807) is 0 Å². The van der Waals surface area contributed by atoms with Crippen LogP contribution in [0.4, 0.5) is 4.39 Å². The third kappa shape index (κ3) is 1.41. The molecule has 2 heteroatoms. The molecule has 0 spiro atoms. The van der Waals surface area contributed by atoms with Gasteiger partial charge in [-0.2, -0.15) is 0 Å². The monoisotopic (exact) mass is 157 g/mol. The van der Waals surface area contributed by atoms with Crippen LogP contribution in [0.1, 0.15) is 25.7 Å². The third-order valence-electron chi connectivity index (χ3n) is 3.10. The lowest BCUT2D eigenvalue weighted by molar-refractivity contribution is 0.204. The second-order valence-corrected chi connectivity index (χ2v) is 3.87. The standard InChI is InChI=1S/C9H16FN/c10-4-1-5-11-7-8-2-3-9(11)6-8/h8-9H,1-7H2.